The van der Waals surface area contributed by atoms with E-state index in [1.54, 1.807) is 12.1 Å². The molecule has 6 nitrogen and oxygen atoms in total. The van der Waals surface area contributed by atoms with Crippen LogP contribution in [0.15, 0.2) is 30.6 Å². The Hall–Kier alpha value is -1.99. The molecule has 0 bridgehead atoms. The van der Waals surface area contributed by atoms with Crippen molar-refractivity contribution in [3.63, 3.8) is 0 Å². The number of hydrogen-bond donors (Lipinski definition) is 3. The van der Waals surface area contributed by atoms with Gasteiger partial charge in [0.15, 0.2) is 0 Å². The van der Waals surface area contributed by atoms with Gasteiger partial charge in [-0.25, -0.2) is 14.5 Å². The molecule has 0 aliphatic carbocycles. The summed E-state index contributed by atoms with van der Waals surface area (Å²) in [5, 5.41) is 21.1. The molecule has 2 aliphatic heterocycles. The number of nitrogens with zero attached hydrogens (tertiary/aromatic N) is 3. The van der Waals surface area contributed by atoms with Crippen LogP contribution in [-0.4, -0.2) is 56.0 Å². The largest absolute Gasteiger partial charge is 0.390 e. The third-order valence-electron chi connectivity index (χ3n) is 7.14. The van der Waals surface area contributed by atoms with E-state index in [1.807, 2.05) is 12.1 Å². The van der Waals surface area contributed by atoms with Crippen molar-refractivity contribution < 1.29 is 9.50 Å². The minimum Gasteiger partial charge on any atom is -0.390 e. The quantitative estimate of drug-likeness (QED) is 0.646. The van der Waals surface area contributed by atoms with E-state index in [2.05, 4.69) is 39.2 Å². The van der Waals surface area contributed by atoms with E-state index in [1.165, 1.54) is 11.9 Å². The summed E-state index contributed by atoms with van der Waals surface area (Å²) < 4.78 is 13.4. The maximum atomic E-state index is 13.4. The first-order valence-corrected chi connectivity index (χ1v) is 10.6. The lowest BCUT2D eigenvalue weighted by atomic mass is 9.65. The predicted molar refractivity (Wildman–Crippen MR) is 111 cm³/mol. The fourth-order valence-corrected chi connectivity index (χ4v) is 5.30. The molecule has 3 atom stereocenters. The zero-order valence-corrected chi connectivity index (χ0v) is 17.4. The number of rotatable bonds is 6. The number of anilines is 1. The molecule has 3 unspecified atom stereocenters. The second-order valence-corrected chi connectivity index (χ2v) is 9.50. The van der Waals surface area contributed by atoms with Crippen LogP contribution in [0.4, 0.5) is 10.3 Å². The lowest BCUT2D eigenvalue weighted by Gasteiger charge is -2.57. The van der Waals surface area contributed by atoms with E-state index < -0.39 is 5.60 Å². The van der Waals surface area contributed by atoms with Gasteiger partial charge in [-0.2, -0.15) is 5.10 Å². The molecular weight excluding hydrogens is 369 g/mol. The van der Waals surface area contributed by atoms with Gasteiger partial charge in [-0.05, 0) is 63.1 Å². The highest BCUT2D eigenvalue weighted by Gasteiger charge is 2.50. The first-order valence-electron chi connectivity index (χ1n) is 10.6. The number of aliphatic hydroxyl groups is 1. The Kier molecular flexibility index (Phi) is 5.38. The van der Waals surface area contributed by atoms with E-state index in [4.69, 9.17) is 0 Å². The van der Waals surface area contributed by atoms with Crippen LogP contribution in [0.3, 0.4) is 0 Å². The van der Waals surface area contributed by atoms with Crippen LogP contribution in [0.25, 0.3) is 0 Å². The summed E-state index contributed by atoms with van der Waals surface area (Å²) in [7, 11) is 0. The third-order valence-corrected chi connectivity index (χ3v) is 7.14. The average Bonchev–Trinajstić information content (AvgIpc) is 3.20. The number of benzene rings is 1. The lowest BCUT2D eigenvalue weighted by molar-refractivity contribution is -0.110. The monoisotopic (exact) mass is 401 g/mol. The number of nitrogens with one attached hydrogen (secondary N) is 2. The number of aromatic amines is 1. The molecule has 158 valence electrons. The van der Waals surface area contributed by atoms with E-state index in [-0.39, 0.29) is 16.8 Å². The second kappa shape index (κ2) is 7.69. The Labute approximate surface area is 171 Å². The standard InChI is InChI=1S/C22H32FN5O/c1-20(17-4-6-18(23)7-5-17)9-10-21(2)14-22(29,11-13-28(21)15-20)8-3-12-24-19-25-16-26-27-19/h4-7,16,29H,3,8-15H2,1-2H3,(H2,24,25,26,27). The molecular formula is C22H32FN5O. The van der Waals surface area contributed by atoms with Gasteiger partial charge in [0.05, 0.1) is 5.60 Å². The molecule has 1 aromatic carbocycles. The predicted octanol–water partition coefficient (Wildman–Crippen LogP) is 3.47. The molecule has 4 rings (SSSR count). The topological polar surface area (TPSA) is 77.1 Å². The van der Waals surface area contributed by atoms with Gasteiger partial charge in [0.1, 0.15) is 12.1 Å². The summed E-state index contributed by atoms with van der Waals surface area (Å²) >= 11 is 0. The SMILES string of the molecule is CC1(c2ccc(F)cc2)CCC2(C)CC(O)(CCCNc3ncn[nH]3)CCN2C1. The van der Waals surface area contributed by atoms with Gasteiger partial charge < -0.3 is 10.4 Å². The summed E-state index contributed by atoms with van der Waals surface area (Å²) in [5.74, 6) is 0.491. The van der Waals surface area contributed by atoms with Crippen LogP contribution in [0.5, 0.6) is 0 Å². The van der Waals surface area contributed by atoms with Gasteiger partial charge in [0.2, 0.25) is 5.95 Å². The van der Waals surface area contributed by atoms with Crippen LogP contribution in [-0.2, 0) is 5.41 Å². The van der Waals surface area contributed by atoms with Crippen LogP contribution in [0.2, 0.25) is 0 Å². The van der Waals surface area contributed by atoms with E-state index in [0.29, 0.717) is 5.95 Å². The van der Waals surface area contributed by atoms with Crippen molar-refractivity contribution in [3.05, 3.63) is 42.0 Å². The smallest absolute Gasteiger partial charge is 0.218 e. The van der Waals surface area contributed by atoms with Crippen LogP contribution in [0.1, 0.15) is 57.9 Å². The lowest BCUT2D eigenvalue weighted by Crippen LogP contribution is -2.63. The van der Waals surface area contributed by atoms with Gasteiger partial charge in [-0.15, -0.1) is 0 Å². The first kappa shape index (κ1) is 20.3. The molecule has 1 aromatic heterocycles. The van der Waals surface area contributed by atoms with Crippen molar-refractivity contribution in [3.8, 4) is 0 Å². The molecule has 2 saturated heterocycles. The molecule has 3 heterocycles. The highest BCUT2D eigenvalue weighted by molar-refractivity contribution is 5.27. The minimum absolute atomic E-state index is 0.0188. The minimum atomic E-state index is -0.613. The molecule has 0 spiro atoms. The summed E-state index contributed by atoms with van der Waals surface area (Å²) in [5.41, 5.74) is 0.646. The van der Waals surface area contributed by atoms with Gasteiger partial charge in [0, 0.05) is 30.6 Å². The number of piperidine rings is 2. The highest BCUT2D eigenvalue weighted by Crippen LogP contribution is 2.47. The Balaban J connectivity index is 1.35. The van der Waals surface area contributed by atoms with E-state index in [9.17, 15) is 9.50 Å². The molecule has 2 aliphatic rings. The average molecular weight is 402 g/mol. The molecule has 0 amide bonds. The molecule has 2 aromatic rings. The fraction of sp³-hybridized carbons (Fsp3) is 0.636. The molecule has 3 N–H and O–H groups in total. The summed E-state index contributed by atoms with van der Waals surface area (Å²) in [6, 6.07) is 6.99. The van der Waals surface area contributed by atoms with Crippen molar-refractivity contribution >= 4 is 5.95 Å². The molecule has 7 heteroatoms. The number of hydrogen-bond acceptors (Lipinski definition) is 5. The van der Waals surface area contributed by atoms with Gasteiger partial charge in [-0.1, -0.05) is 19.1 Å². The van der Waals surface area contributed by atoms with Gasteiger partial charge in [-0.3, -0.25) is 4.90 Å². The maximum Gasteiger partial charge on any atom is 0.218 e. The summed E-state index contributed by atoms with van der Waals surface area (Å²) in [6.07, 6.45) is 6.85. The fourth-order valence-electron chi connectivity index (χ4n) is 5.30. The Morgan fingerprint density at radius 2 is 2.00 bits per heavy atom. The van der Waals surface area contributed by atoms with E-state index in [0.717, 1.165) is 58.2 Å². The van der Waals surface area contributed by atoms with Crippen molar-refractivity contribution in [2.24, 2.45) is 0 Å². The van der Waals surface area contributed by atoms with Crippen molar-refractivity contribution in [1.29, 1.82) is 0 Å². The third kappa shape index (κ3) is 4.31. The molecule has 0 radical (unpaired) electrons. The molecule has 2 fully saturated rings. The summed E-state index contributed by atoms with van der Waals surface area (Å²) in [6.45, 7) is 7.21. The normalized spacial score (nSPS) is 32.7. The first-order chi connectivity index (χ1) is 13.8. The van der Waals surface area contributed by atoms with Gasteiger partial charge >= 0.3 is 0 Å². The van der Waals surface area contributed by atoms with Crippen molar-refractivity contribution in [1.82, 2.24) is 20.1 Å². The zero-order valence-electron chi connectivity index (χ0n) is 17.4. The van der Waals surface area contributed by atoms with E-state index >= 15 is 0 Å². The Morgan fingerprint density at radius 3 is 2.72 bits per heavy atom. The van der Waals surface area contributed by atoms with Crippen molar-refractivity contribution in [2.75, 3.05) is 25.0 Å². The number of fused-ring (bicyclic) bond motifs is 1. The molecule has 0 saturated carbocycles. The van der Waals surface area contributed by atoms with Crippen LogP contribution in [0, 0.1) is 5.82 Å². The van der Waals surface area contributed by atoms with Crippen molar-refractivity contribution in [2.45, 2.75) is 68.9 Å². The second-order valence-electron chi connectivity index (χ2n) is 9.50. The van der Waals surface area contributed by atoms with Gasteiger partial charge in [0.25, 0.3) is 0 Å². The Bertz CT molecular complexity index is 813. The zero-order chi connectivity index (χ0) is 20.5. The highest BCUT2D eigenvalue weighted by atomic mass is 19.1. The molecule has 29 heavy (non-hydrogen) atoms. The van der Waals surface area contributed by atoms with Crippen LogP contribution >= 0.6 is 0 Å². The maximum absolute atomic E-state index is 13.4. The summed E-state index contributed by atoms with van der Waals surface area (Å²) in [4.78, 5) is 6.62. The number of H-pyrrole nitrogens is 1. The number of halogens is 1. The van der Waals surface area contributed by atoms with Crippen LogP contribution < -0.4 is 5.32 Å². The Morgan fingerprint density at radius 1 is 1.21 bits per heavy atom. The number of aromatic nitrogens is 3.